The molecule has 2 bridgehead atoms. The Balaban J connectivity index is 1.40. The van der Waals surface area contributed by atoms with E-state index in [4.69, 9.17) is 16.0 Å². The topological polar surface area (TPSA) is 56.9 Å². The van der Waals surface area contributed by atoms with Gasteiger partial charge < -0.3 is 9.52 Å². The van der Waals surface area contributed by atoms with Gasteiger partial charge in [-0.25, -0.2) is 4.79 Å². The molecule has 2 aromatic rings. The Morgan fingerprint density at radius 3 is 2.88 bits per heavy atom. The molecule has 0 amide bonds. The number of hydrogen-bond donors (Lipinski definition) is 1. The van der Waals surface area contributed by atoms with E-state index in [1.165, 1.54) is 45.2 Å². The molecule has 0 saturated carbocycles. The first kappa shape index (κ1) is 21.7. The van der Waals surface area contributed by atoms with E-state index in [2.05, 4.69) is 15.9 Å². The van der Waals surface area contributed by atoms with Crippen LogP contribution in [0.3, 0.4) is 0 Å². The van der Waals surface area contributed by atoms with Gasteiger partial charge in [0, 0.05) is 36.1 Å². The largest absolute Gasteiger partial charge is 0.506 e. The van der Waals surface area contributed by atoms with E-state index in [-0.39, 0.29) is 11.4 Å². The second kappa shape index (κ2) is 8.14. The molecule has 1 aromatic heterocycles. The lowest BCUT2D eigenvalue weighted by atomic mass is 9.68. The van der Waals surface area contributed by atoms with Crippen molar-refractivity contribution in [3.63, 3.8) is 0 Å². The number of phenols is 1. The number of piperidine rings is 3. The standard InChI is InChI=1S/C27H33ClN2O3/c1-15-16(2)27(32)33-26-20(15)12-22(28)25(31)21(26)14-30-9-5-6-17-10-18-11-19(24(17)30)13-29-8-4-3-7-23(18)29/h10,12,18-19,23-24,31H,3-9,11,13-14H2,1-2H3. The molecule has 176 valence electrons. The smallest absolute Gasteiger partial charge is 0.339 e. The van der Waals surface area contributed by atoms with E-state index in [1.54, 1.807) is 18.6 Å². The van der Waals surface area contributed by atoms with Crippen molar-refractivity contribution in [1.29, 1.82) is 0 Å². The summed E-state index contributed by atoms with van der Waals surface area (Å²) in [6, 6.07) is 2.86. The van der Waals surface area contributed by atoms with Gasteiger partial charge in [-0.3, -0.25) is 9.80 Å². The molecule has 4 atom stereocenters. The third-order valence-electron chi connectivity index (χ3n) is 8.89. The van der Waals surface area contributed by atoms with Crippen LogP contribution in [0.15, 0.2) is 26.9 Å². The fourth-order valence-corrected chi connectivity index (χ4v) is 7.43. The summed E-state index contributed by atoms with van der Waals surface area (Å²) in [7, 11) is 0. The van der Waals surface area contributed by atoms with Crippen LogP contribution in [0.5, 0.6) is 5.75 Å². The second-order valence-electron chi connectivity index (χ2n) is 10.7. The second-order valence-corrected chi connectivity index (χ2v) is 11.1. The molecule has 1 aromatic carbocycles. The highest BCUT2D eigenvalue weighted by molar-refractivity contribution is 6.33. The fraction of sp³-hybridized carbons (Fsp3) is 0.593. The van der Waals surface area contributed by atoms with Gasteiger partial charge in [0.15, 0.2) is 0 Å². The van der Waals surface area contributed by atoms with Crippen molar-refractivity contribution in [3.8, 4) is 5.75 Å². The lowest BCUT2D eigenvalue weighted by Crippen LogP contribution is -2.59. The zero-order chi connectivity index (χ0) is 22.9. The first-order chi connectivity index (χ1) is 15.9. The van der Waals surface area contributed by atoms with E-state index >= 15 is 0 Å². The number of phenolic OH excluding ortho intramolecular Hbond substituents is 1. The normalized spacial score (nSPS) is 30.1. The molecule has 5 nitrogen and oxygen atoms in total. The monoisotopic (exact) mass is 468 g/mol. The van der Waals surface area contributed by atoms with Crippen molar-refractivity contribution in [3.05, 3.63) is 49.8 Å². The Bertz CT molecular complexity index is 1200. The number of halogens is 1. The van der Waals surface area contributed by atoms with Crippen molar-refractivity contribution in [2.75, 3.05) is 19.6 Å². The lowest BCUT2D eigenvalue weighted by Gasteiger charge is -2.54. The number of aryl methyl sites for hydroxylation is 1. The van der Waals surface area contributed by atoms with Crippen LogP contribution < -0.4 is 5.63 Å². The predicted octanol–water partition coefficient (Wildman–Crippen LogP) is 5.16. The van der Waals surface area contributed by atoms with E-state index in [1.807, 2.05) is 6.92 Å². The summed E-state index contributed by atoms with van der Waals surface area (Å²) in [6.07, 6.45) is 10.2. The summed E-state index contributed by atoms with van der Waals surface area (Å²) < 4.78 is 5.75. The summed E-state index contributed by atoms with van der Waals surface area (Å²) in [5.41, 5.74) is 3.84. The summed E-state index contributed by atoms with van der Waals surface area (Å²) in [6.45, 7) is 7.63. The van der Waals surface area contributed by atoms with Crippen molar-refractivity contribution < 1.29 is 9.52 Å². The number of rotatable bonds is 2. The van der Waals surface area contributed by atoms with E-state index < -0.39 is 0 Å². The first-order valence-electron chi connectivity index (χ1n) is 12.6. The highest BCUT2D eigenvalue weighted by Gasteiger charge is 2.46. The zero-order valence-electron chi connectivity index (χ0n) is 19.6. The van der Waals surface area contributed by atoms with Crippen molar-refractivity contribution >= 4 is 22.6 Å². The third kappa shape index (κ3) is 3.46. The molecule has 1 aliphatic carbocycles. The maximum Gasteiger partial charge on any atom is 0.339 e. The molecule has 0 radical (unpaired) electrons. The molecule has 4 unspecified atom stereocenters. The molecular weight excluding hydrogens is 436 g/mol. The van der Waals surface area contributed by atoms with Crippen molar-refractivity contribution in [1.82, 2.24) is 9.80 Å². The molecule has 4 heterocycles. The van der Waals surface area contributed by atoms with Gasteiger partial charge in [0.1, 0.15) is 11.3 Å². The number of fused-ring (bicyclic) bond motifs is 7. The van der Waals surface area contributed by atoms with Gasteiger partial charge in [-0.2, -0.15) is 0 Å². The van der Waals surface area contributed by atoms with Gasteiger partial charge >= 0.3 is 5.63 Å². The maximum atomic E-state index is 12.5. The molecular formula is C27H33ClN2O3. The predicted molar refractivity (Wildman–Crippen MR) is 131 cm³/mol. The average Bonchev–Trinajstić information content (AvgIpc) is 2.81. The van der Waals surface area contributed by atoms with Crippen LogP contribution in [0.2, 0.25) is 5.02 Å². The maximum absolute atomic E-state index is 12.5. The Hall–Kier alpha value is -1.82. The Morgan fingerprint density at radius 1 is 1.18 bits per heavy atom. The molecule has 3 fully saturated rings. The molecule has 3 aliphatic heterocycles. The van der Waals surface area contributed by atoms with Crippen LogP contribution >= 0.6 is 11.6 Å². The molecule has 3 saturated heterocycles. The van der Waals surface area contributed by atoms with Crippen molar-refractivity contribution in [2.24, 2.45) is 11.8 Å². The number of aromatic hydroxyl groups is 1. The van der Waals surface area contributed by atoms with E-state index in [0.29, 0.717) is 46.2 Å². The van der Waals surface area contributed by atoms with Gasteiger partial charge in [0.05, 0.1) is 10.6 Å². The summed E-state index contributed by atoms with van der Waals surface area (Å²) in [4.78, 5) is 17.8. The summed E-state index contributed by atoms with van der Waals surface area (Å²) in [5.74, 6) is 1.35. The minimum Gasteiger partial charge on any atom is -0.506 e. The highest BCUT2D eigenvalue weighted by Crippen LogP contribution is 2.46. The zero-order valence-corrected chi connectivity index (χ0v) is 20.3. The summed E-state index contributed by atoms with van der Waals surface area (Å²) >= 11 is 6.47. The van der Waals surface area contributed by atoms with Crippen LogP contribution in [-0.4, -0.2) is 46.6 Å². The number of nitrogens with zero attached hydrogens (tertiary/aromatic N) is 2. The van der Waals surface area contributed by atoms with Gasteiger partial charge in [0.25, 0.3) is 0 Å². The quantitative estimate of drug-likeness (QED) is 0.487. The Labute approximate surface area is 200 Å². The first-order valence-corrected chi connectivity index (χ1v) is 12.9. The van der Waals surface area contributed by atoms with Crippen LogP contribution in [0.1, 0.15) is 55.2 Å². The molecule has 33 heavy (non-hydrogen) atoms. The number of benzene rings is 1. The SMILES string of the molecule is Cc1c(C)c2cc(Cl)c(O)c(CN3CCCC4=CC5CC(CN6CCCCC56)C43)c2oc1=O. The number of likely N-dealkylation sites (tertiary alicyclic amines) is 1. The minimum atomic E-state index is -0.342. The highest BCUT2D eigenvalue weighted by atomic mass is 35.5. The number of hydrogen-bond acceptors (Lipinski definition) is 5. The van der Waals surface area contributed by atoms with E-state index in [9.17, 15) is 9.90 Å². The molecule has 6 heteroatoms. The minimum absolute atomic E-state index is 0.0418. The van der Waals surface area contributed by atoms with Gasteiger partial charge in [-0.15, -0.1) is 0 Å². The Morgan fingerprint density at radius 2 is 2.03 bits per heavy atom. The van der Waals surface area contributed by atoms with E-state index in [0.717, 1.165) is 30.0 Å². The van der Waals surface area contributed by atoms with Gasteiger partial charge in [-0.05, 0) is 82.5 Å². The molecule has 6 rings (SSSR count). The molecule has 1 N–H and O–H groups in total. The molecule has 4 aliphatic rings. The summed E-state index contributed by atoms with van der Waals surface area (Å²) in [5, 5.41) is 12.1. The Kier molecular flexibility index (Phi) is 5.35. The van der Waals surface area contributed by atoms with Crippen LogP contribution in [0.25, 0.3) is 11.0 Å². The van der Waals surface area contributed by atoms with Crippen LogP contribution in [-0.2, 0) is 6.54 Å². The lowest BCUT2D eigenvalue weighted by molar-refractivity contribution is -0.00274. The average molecular weight is 469 g/mol. The molecule has 0 spiro atoms. The van der Waals surface area contributed by atoms with Gasteiger partial charge in [-0.1, -0.05) is 29.7 Å². The van der Waals surface area contributed by atoms with Crippen LogP contribution in [0.4, 0.5) is 0 Å². The fourth-order valence-electron chi connectivity index (χ4n) is 7.21. The van der Waals surface area contributed by atoms with Gasteiger partial charge in [0.2, 0.25) is 0 Å². The van der Waals surface area contributed by atoms with Crippen LogP contribution in [0, 0.1) is 25.7 Å². The van der Waals surface area contributed by atoms with Crippen molar-refractivity contribution in [2.45, 2.75) is 71.0 Å². The third-order valence-corrected chi connectivity index (χ3v) is 9.18.